The van der Waals surface area contributed by atoms with Crippen molar-refractivity contribution < 1.29 is 15.1 Å². The summed E-state index contributed by atoms with van der Waals surface area (Å²) in [6.45, 7) is 4.67. The first-order valence-corrected chi connectivity index (χ1v) is 8.57. The molecule has 24 heavy (non-hydrogen) atoms. The maximum atomic E-state index is 11.9. The summed E-state index contributed by atoms with van der Waals surface area (Å²) in [4.78, 5) is 16.3. The number of amides is 1. The van der Waals surface area contributed by atoms with E-state index >= 15 is 0 Å². The summed E-state index contributed by atoms with van der Waals surface area (Å²) in [6, 6.07) is 5.27. The van der Waals surface area contributed by atoms with Gasteiger partial charge in [-0.15, -0.1) is 0 Å². The average molecular weight is 352 g/mol. The first-order chi connectivity index (χ1) is 11.5. The van der Waals surface area contributed by atoms with Gasteiger partial charge in [0.25, 0.3) is 0 Å². The average Bonchev–Trinajstić information content (AvgIpc) is 3.04. The number of carbonyl (C=O) groups is 1. The predicted octanol–water partition coefficient (Wildman–Crippen LogP) is 2.68. The highest BCUT2D eigenvalue weighted by molar-refractivity contribution is 6.31. The lowest BCUT2D eigenvalue weighted by atomic mass is 10.1. The molecule has 0 radical (unpaired) electrons. The van der Waals surface area contributed by atoms with Gasteiger partial charge in [0, 0.05) is 17.0 Å². The number of aromatic nitrogens is 2. The van der Waals surface area contributed by atoms with Gasteiger partial charge in [-0.2, -0.15) is 4.98 Å². The van der Waals surface area contributed by atoms with Crippen molar-refractivity contribution in [2.45, 2.75) is 45.6 Å². The number of unbranched alkanes of at least 4 members (excludes halogenated alkanes) is 2. The number of nitrogens with zero attached hydrogens (tertiary/aromatic N) is 2. The summed E-state index contributed by atoms with van der Waals surface area (Å²) in [5, 5.41) is 7.51. The van der Waals surface area contributed by atoms with Gasteiger partial charge in [-0.1, -0.05) is 28.9 Å². The monoisotopic (exact) mass is 351 g/mol. The number of carbonyl (C=O) groups excluding carboxylic acids is 1. The normalized spacial score (nSPS) is 12.2. The van der Waals surface area contributed by atoms with E-state index in [1.807, 2.05) is 26.0 Å². The van der Waals surface area contributed by atoms with Crippen molar-refractivity contribution in [3.63, 3.8) is 0 Å². The van der Waals surface area contributed by atoms with Gasteiger partial charge >= 0.3 is 0 Å². The van der Waals surface area contributed by atoms with Crippen LogP contribution in [0.1, 0.15) is 50.1 Å². The van der Waals surface area contributed by atoms with E-state index in [1.54, 1.807) is 6.07 Å². The summed E-state index contributed by atoms with van der Waals surface area (Å²) >= 11 is 6.13. The fraction of sp³-hybridized carbons (Fsp3) is 0.471. The van der Waals surface area contributed by atoms with Crippen LogP contribution in [0.5, 0.6) is 0 Å². The first kappa shape index (κ1) is 18.4. The largest absolute Gasteiger partial charge is 0.358 e. The number of halogens is 1. The summed E-state index contributed by atoms with van der Waals surface area (Å²) in [6.07, 6.45) is 3.43. The summed E-state index contributed by atoms with van der Waals surface area (Å²) < 4.78 is 5.27. The number of hydrogen-bond acceptors (Lipinski definition) is 4. The van der Waals surface area contributed by atoms with Crippen LogP contribution in [-0.2, 0) is 4.79 Å². The number of quaternary nitrogens is 1. The van der Waals surface area contributed by atoms with Crippen molar-refractivity contribution >= 4 is 17.5 Å². The zero-order valence-corrected chi connectivity index (χ0v) is 14.9. The zero-order chi connectivity index (χ0) is 17.5. The minimum absolute atomic E-state index is 0.00954. The van der Waals surface area contributed by atoms with Crippen LogP contribution in [0, 0.1) is 6.92 Å². The Balaban J connectivity index is 1.94. The summed E-state index contributed by atoms with van der Waals surface area (Å²) in [5.74, 6) is 0.834. The first-order valence-electron chi connectivity index (χ1n) is 8.20. The molecule has 1 atom stereocenters. The summed E-state index contributed by atoms with van der Waals surface area (Å²) in [7, 11) is 0. The minimum Gasteiger partial charge on any atom is -0.358 e. The van der Waals surface area contributed by atoms with Gasteiger partial charge < -0.3 is 15.6 Å². The van der Waals surface area contributed by atoms with Gasteiger partial charge in [-0.3, -0.25) is 4.79 Å². The van der Waals surface area contributed by atoms with E-state index in [1.165, 1.54) is 0 Å². The fourth-order valence-corrected chi connectivity index (χ4v) is 2.46. The molecule has 4 N–H and O–H groups in total. The Kier molecular flexibility index (Phi) is 6.75. The molecule has 1 heterocycles. The van der Waals surface area contributed by atoms with Crippen molar-refractivity contribution in [2.24, 2.45) is 0 Å². The molecule has 0 aliphatic carbocycles. The molecular weight excluding hydrogens is 328 g/mol. The van der Waals surface area contributed by atoms with Crippen molar-refractivity contribution in [3.05, 3.63) is 34.7 Å². The van der Waals surface area contributed by atoms with Crippen LogP contribution in [0.25, 0.3) is 11.4 Å². The zero-order valence-electron chi connectivity index (χ0n) is 14.1. The highest BCUT2D eigenvalue weighted by Gasteiger charge is 2.17. The molecule has 0 bridgehead atoms. The SMILES string of the molecule is Cc1ccc(-c2noc([C@@H](C)NC(=O)CCCCC[NH3+])n2)cc1Cl. The topological polar surface area (TPSA) is 95.7 Å². The Morgan fingerprint density at radius 2 is 2.17 bits per heavy atom. The second kappa shape index (κ2) is 8.80. The second-order valence-electron chi connectivity index (χ2n) is 5.87. The number of benzene rings is 1. The lowest BCUT2D eigenvalue weighted by Gasteiger charge is -2.09. The Morgan fingerprint density at radius 1 is 1.38 bits per heavy atom. The maximum absolute atomic E-state index is 11.9. The third-order valence-electron chi connectivity index (χ3n) is 3.77. The molecule has 0 spiro atoms. The molecule has 130 valence electrons. The molecule has 7 heteroatoms. The second-order valence-corrected chi connectivity index (χ2v) is 6.28. The summed E-state index contributed by atoms with van der Waals surface area (Å²) in [5.41, 5.74) is 5.57. The van der Waals surface area contributed by atoms with Crippen LogP contribution >= 0.6 is 11.6 Å². The van der Waals surface area contributed by atoms with Crippen LogP contribution < -0.4 is 11.1 Å². The third kappa shape index (κ3) is 5.04. The number of rotatable bonds is 8. The van der Waals surface area contributed by atoms with E-state index in [0.717, 1.165) is 36.9 Å². The quantitative estimate of drug-likeness (QED) is 0.714. The molecule has 2 aromatic rings. The van der Waals surface area contributed by atoms with Gasteiger partial charge in [0.15, 0.2) is 0 Å². The molecule has 0 aliphatic rings. The molecular formula is C17H24ClN4O2+. The minimum atomic E-state index is -0.326. The van der Waals surface area contributed by atoms with Crippen LogP contribution in [-0.4, -0.2) is 22.6 Å². The molecule has 0 saturated heterocycles. The maximum Gasteiger partial charge on any atom is 0.249 e. The van der Waals surface area contributed by atoms with Crippen molar-refractivity contribution in [3.8, 4) is 11.4 Å². The van der Waals surface area contributed by atoms with E-state index < -0.39 is 0 Å². The molecule has 6 nitrogen and oxygen atoms in total. The lowest BCUT2D eigenvalue weighted by molar-refractivity contribution is -0.368. The van der Waals surface area contributed by atoms with E-state index in [2.05, 4.69) is 21.2 Å². The molecule has 0 fully saturated rings. The molecule has 0 unspecified atom stereocenters. The fourth-order valence-electron chi connectivity index (χ4n) is 2.27. The van der Waals surface area contributed by atoms with E-state index in [9.17, 15) is 4.79 Å². The van der Waals surface area contributed by atoms with Crippen molar-refractivity contribution in [2.75, 3.05) is 6.54 Å². The molecule has 0 aliphatic heterocycles. The van der Waals surface area contributed by atoms with Crippen LogP contribution in [0.15, 0.2) is 22.7 Å². The van der Waals surface area contributed by atoms with Gasteiger partial charge in [0.2, 0.25) is 17.6 Å². The number of aryl methyl sites for hydroxylation is 1. The number of nitrogens with one attached hydrogen (secondary N) is 1. The van der Waals surface area contributed by atoms with Gasteiger partial charge in [-0.25, -0.2) is 0 Å². The van der Waals surface area contributed by atoms with Gasteiger partial charge in [0.05, 0.1) is 6.54 Å². The third-order valence-corrected chi connectivity index (χ3v) is 4.18. The van der Waals surface area contributed by atoms with E-state index in [0.29, 0.717) is 23.2 Å². The van der Waals surface area contributed by atoms with Crippen molar-refractivity contribution in [1.29, 1.82) is 0 Å². The van der Waals surface area contributed by atoms with Gasteiger partial charge in [-0.05, 0) is 44.7 Å². The smallest absolute Gasteiger partial charge is 0.249 e. The molecule has 2 rings (SSSR count). The molecule has 1 aromatic heterocycles. The lowest BCUT2D eigenvalue weighted by Crippen LogP contribution is -2.50. The van der Waals surface area contributed by atoms with Crippen LogP contribution in [0.4, 0.5) is 0 Å². The highest BCUT2D eigenvalue weighted by atomic mass is 35.5. The Morgan fingerprint density at radius 3 is 2.88 bits per heavy atom. The Labute approximate surface area is 146 Å². The molecule has 1 amide bonds. The molecule has 0 saturated carbocycles. The van der Waals surface area contributed by atoms with E-state index in [4.69, 9.17) is 16.1 Å². The predicted molar refractivity (Wildman–Crippen MR) is 92.3 cm³/mol. The van der Waals surface area contributed by atoms with Gasteiger partial charge in [0.1, 0.15) is 6.04 Å². The Hall–Kier alpha value is -1.92. The highest BCUT2D eigenvalue weighted by Crippen LogP contribution is 2.24. The van der Waals surface area contributed by atoms with Crippen molar-refractivity contribution in [1.82, 2.24) is 15.5 Å². The molecule has 1 aromatic carbocycles. The number of hydrogen-bond donors (Lipinski definition) is 2. The Bertz CT molecular complexity index is 687. The standard InChI is InChI=1S/C17H23ClN4O2/c1-11-7-8-13(10-14(11)18)16-21-17(24-22-16)12(2)20-15(23)6-4-3-5-9-19/h7-8,10,12H,3-6,9,19H2,1-2H3,(H,20,23)/p+1/t12-/m1/s1. The van der Waals surface area contributed by atoms with Crippen LogP contribution in [0.2, 0.25) is 5.02 Å². The van der Waals surface area contributed by atoms with E-state index in [-0.39, 0.29) is 11.9 Å². The van der Waals surface area contributed by atoms with Crippen LogP contribution in [0.3, 0.4) is 0 Å².